The van der Waals surface area contributed by atoms with Gasteiger partial charge in [0.05, 0.1) is 4.92 Å². The third-order valence-electron chi connectivity index (χ3n) is 2.68. The SMILES string of the molecule is CN(C)CCSc1cc(NC(=O)OC(C)(C)C)c([N+](=O)[O-])cc1I. The average molecular weight is 467 g/mol. The van der Waals surface area contributed by atoms with E-state index in [1.54, 1.807) is 38.6 Å². The fourth-order valence-corrected chi connectivity index (χ4v) is 3.65. The van der Waals surface area contributed by atoms with E-state index in [9.17, 15) is 14.9 Å². The summed E-state index contributed by atoms with van der Waals surface area (Å²) < 4.78 is 5.95. The molecule has 0 radical (unpaired) electrons. The lowest BCUT2D eigenvalue weighted by molar-refractivity contribution is -0.384. The molecule has 0 saturated heterocycles. The van der Waals surface area contributed by atoms with Crippen molar-refractivity contribution in [1.29, 1.82) is 0 Å². The molecule has 0 saturated carbocycles. The maximum atomic E-state index is 11.9. The van der Waals surface area contributed by atoms with Gasteiger partial charge in [0, 0.05) is 26.8 Å². The maximum Gasteiger partial charge on any atom is 0.412 e. The zero-order chi connectivity index (χ0) is 18.5. The van der Waals surface area contributed by atoms with Crippen molar-refractivity contribution in [3.05, 3.63) is 25.8 Å². The van der Waals surface area contributed by atoms with Crippen molar-refractivity contribution in [3.63, 3.8) is 0 Å². The van der Waals surface area contributed by atoms with E-state index >= 15 is 0 Å². The number of amides is 1. The fraction of sp³-hybridized carbons (Fsp3) is 0.533. The molecule has 0 fully saturated rings. The number of hydrogen-bond acceptors (Lipinski definition) is 6. The first-order valence-electron chi connectivity index (χ1n) is 7.25. The highest BCUT2D eigenvalue weighted by molar-refractivity contribution is 14.1. The zero-order valence-electron chi connectivity index (χ0n) is 14.4. The van der Waals surface area contributed by atoms with Gasteiger partial charge in [0.1, 0.15) is 11.3 Å². The second-order valence-electron chi connectivity index (χ2n) is 6.34. The first kappa shape index (κ1) is 21.0. The number of halogens is 1. The predicted molar refractivity (Wildman–Crippen MR) is 105 cm³/mol. The third-order valence-corrected chi connectivity index (χ3v) is 4.97. The third kappa shape index (κ3) is 7.22. The summed E-state index contributed by atoms with van der Waals surface area (Å²) in [5.74, 6) is 0.840. The first-order chi connectivity index (χ1) is 11.0. The van der Waals surface area contributed by atoms with Crippen molar-refractivity contribution in [2.75, 3.05) is 31.7 Å². The molecule has 1 aromatic carbocycles. The number of benzene rings is 1. The van der Waals surface area contributed by atoms with E-state index in [0.29, 0.717) is 0 Å². The van der Waals surface area contributed by atoms with Gasteiger partial charge in [0.25, 0.3) is 5.69 Å². The van der Waals surface area contributed by atoms with Crippen molar-refractivity contribution < 1.29 is 14.5 Å². The topological polar surface area (TPSA) is 84.7 Å². The summed E-state index contributed by atoms with van der Waals surface area (Å²) in [5, 5.41) is 13.7. The number of rotatable bonds is 6. The van der Waals surface area contributed by atoms with E-state index in [2.05, 4.69) is 32.8 Å². The Labute approximate surface area is 159 Å². The van der Waals surface area contributed by atoms with Crippen LogP contribution in [0, 0.1) is 13.7 Å². The van der Waals surface area contributed by atoms with Crippen LogP contribution >= 0.6 is 34.4 Å². The smallest absolute Gasteiger partial charge is 0.412 e. The molecule has 0 heterocycles. The standard InChI is InChI=1S/C15H22IN3O4S/c1-15(2,3)23-14(20)17-11-9-13(24-7-6-18(4)5)10(16)8-12(11)19(21)22/h8-9H,6-7H2,1-5H3,(H,17,20). The van der Waals surface area contributed by atoms with Crippen molar-refractivity contribution in [1.82, 2.24) is 4.90 Å². The summed E-state index contributed by atoms with van der Waals surface area (Å²) >= 11 is 3.65. The molecule has 0 spiro atoms. The Bertz CT molecular complexity index is 617. The van der Waals surface area contributed by atoms with Crippen molar-refractivity contribution in [3.8, 4) is 0 Å². The van der Waals surface area contributed by atoms with Gasteiger partial charge >= 0.3 is 6.09 Å². The molecule has 0 aliphatic carbocycles. The Kier molecular flexibility index (Phi) is 7.74. The molecule has 9 heteroatoms. The maximum absolute atomic E-state index is 11.9. The van der Waals surface area contributed by atoms with Gasteiger partial charge in [0.2, 0.25) is 0 Å². The molecule has 0 atom stereocenters. The molecule has 134 valence electrons. The second kappa shape index (κ2) is 8.86. The highest BCUT2D eigenvalue weighted by Crippen LogP contribution is 2.34. The van der Waals surface area contributed by atoms with Crippen LogP contribution in [0.4, 0.5) is 16.2 Å². The molecular formula is C15H22IN3O4S. The Balaban J connectivity index is 3.02. The summed E-state index contributed by atoms with van der Waals surface area (Å²) in [6.45, 7) is 6.08. The normalized spacial score (nSPS) is 11.5. The summed E-state index contributed by atoms with van der Waals surface area (Å²) in [6.07, 6.45) is -0.712. The predicted octanol–water partition coefficient (Wildman–Crippen LogP) is 4.20. The van der Waals surface area contributed by atoms with E-state index in [0.717, 1.165) is 20.8 Å². The molecule has 0 bridgehead atoms. The van der Waals surface area contributed by atoms with Gasteiger partial charge in [-0.3, -0.25) is 15.4 Å². The summed E-state index contributed by atoms with van der Waals surface area (Å²) in [6, 6.07) is 3.09. The van der Waals surface area contributed by atoms with Crippen molar-refractivity contribution in [2.24, 2.45) is 0 Å². The Morgan fingerprint density at radius 2 is 2.04 bits per heavy atom. The first-order valence-corrected chi connectivity index (χ1v) is 9.31. The Hall–Kier alpha value is -1.07. The molecule has 0 aliphatic rings. The molecule has 1 aromatic rings. The highest BCUT2D eigenvalue weighted by Gasteiger charge is 2.22. The lowest BCUT2D eigenvalue weighted by Crippen LogP contribution is -2.27. The van der Waals surface area contributed by atoms with Crippen LogP contribution in [0.15, 0.2) is 17.0 Å². The fourth-order valence-electron chi connectivity index (χ4n) is 1.66. The number of carbonyl (C=O) groups excluding carboxylic acids is 1. The van der Waals surface area contributed by atoms with Gasteiger partial charge in [-0.1, -0.05) is 0 Å². The number of nitrogens with zero attached hydrogens (tertiary/aromatic N) is 2. The van der Waals surface area contributed by atoms with Crippen LogP contribution in [-0.2, 0) is 4.74 Å². The zero-order valence-corrected chi connectivity index (χ0v) is 17.4. The summed E-state index contributed by atoms with van der Waals surface area (Å²) in [5.41, 5.74) is -0.685. The Morgan fingerprint density at radius 3 is 2.54 bits per heavy atom. The number of anilines is 1. The summed E-state index contributed by atoms with van der Waals surface area (Å²) in [7, 11) is 3.97. The minimum absolute atomic E-state index is 0.141. The van der Waals surface area contributed by atoms with Crippen LogP contribution < -0.4 is 5.32 Å². The number of nitrogens with one attached hydrogen (secondary N) is 1. The van der Waals surface area contributed by atoms with E-state index in [1.165, 1.54) is 6.07 Å². The van der Waals surface area contributed by atoms with Gasteiger partial charge < -0.3 is 9.64 Å². The van der Waals surface area contributed by atoms with E-state index in [1.807, 2.05) is 14.1 Å². The second-order valence-corrected chi connectivity index (χ2v) is 8.63. The molecule has 1 amide bonds. The molecule has 1 N–H and O–H groups in total. The number of nitro groups is 1. The molecule has 0 aliphatic heterocycles. The molecule has 7 nitrogen and oxygen atoms in total. The van der Waals surface area contributed by atoms with E-state index in [-0.39, 0.29) is 11.4 Å². The number of nitro benzene ring substituents is 1. The van der Waals surface area contributed by atoms with Crippen LogP contribution in [0.1, 0.15) is 20.8 Å². The quantitative estimate of drug-likeness (QED) is 0.292. The molecule has 0 unspecified atom stereocenters. The monoisotopic (exact) mass is 467 g/mol. The van der Waals surface area contributed by atoms with Gasteiger partial charge in [-0.25, -0.2) is 4.79 Å². The summed E-state index contributed by atoms with van der Waals surface area (Å²) in [4.78, 5) is 25.6. The van der Waals surface area contributed by atoms with Gasteiger partial charge in [-0.2, -0.15) is 0 Å². The lowest BCUT2D eigenvalue weighted by atomic mass is 10.2. The van der Waals surface area contributed by atoms with Crippen LogP contribution in [0.3, 0.4) is 0 Å². The van der Waals surface area contributed by atoms with Gasteiger partial charge in [-0.05, 0) is 63.5 Å². The lowest BCUT2D eigenvalue weighted by Gasteiger charge is -2.20. The van der Waals surface area contributed by atoms with Crippen LogP contribution in [0.25, 0.3) is 0 Å². The minimum Gasteiger partial charge on any atom is -0.444 e. The van der Waals surface area contributed by atoms with Gasteiger partial charge in [-0.15, -0.1) is 11.8 Å². The molecule has 24 heavy (non-hydrogen) atoms. The van der Waals surface area contributed by atoms with Crippen molar-refractivity contribution >= 4 is 51.8 Å². The van der Waals surface area contributed by atoms with E-state index in [4.69, 9.17) is 4.74 Å². The molecule has 0 aromatic heterocycles. The molecule has 1 rings (SSSR count). The van der Waals surface area contributed by atoms with Gasteiger partial charge in [0.15, 0.2) is 0 Å². The molecular weight excluding hydrogens is 445 g/mol. The average Bonchev–Trinajstić information content (AvgIpc) is 2.38. The number of ether oxygens (including phenoxy) is 1. The van der Waals surface area contributed by atoms with Crippen molar-refractivity contribution in [2.45, 2.75) is 31.3 Å². The van der Waals surface area contributed by atoms with Crippen LogP contribution in [-0.4, -0.2) is 47.9 Å². The van der Waals surface area contributed by atoms with E-state index < -0.39 is 16.6 Å². The number of hydrogen-bond donors (Lipinski definition) is 1. The largest absolute Gasteiger partial charge is 0.444 e. The number of carbonyl (C=O) groups is 1. The van der Waals surface area contributed by atoms with Crippen LogP contribution in [0.2, 0.25) is 0 Å². The Morgan fingerprint density at radius 1 is 1.42 bits per heavy atom. The highest BCUT2D eigenvalue weighted by atomic mass is 127. The minimum atomic E-state index is -0.712. The van der Waals surface area contributed by atoms with Crippen LogP contribution in [0.5, 0.6) is 0 Å². The number of thioether (sulfide) groups is 1.